The molecule has 3 N–H and O–H groups in total. The number of nitrogens with one attached hydrogen (secondary N) is 1. The number of carbonyl (C=O) groups is 1. The molecule has 0 radical (unpaired) electrons. The van der Waals surface area contributed by atoms with Crippen molar-refractivity contribution in [2.45, 2.75) is 40.2 Å². The van der Waals surface area contributed by atoms with Crippen molar-refractivity contribution in [3.63, 3.8) is 0 Å². The van der Waals surface area contributed by atoms with E-state index in [0.29, 0.717) is 12.5 Å². The average Bonchev–Trinajstić information content (AvgIpc) is 2.25. The standard InChI is InChI=1S/C15H23N3O2.HI/c1-10(2)20-14(19)5-6-17-15(16)18-13-8-11(3)7-12(4)9-13;/h7-10H,5-6H2,1-4H3,(H3,16,17,18);1H. The van der Waals surface area contributed by atoms with Crippen LogP contribution in [0.2, 0.25) is 0 Å². The van der Waals surface area contributed by atoms with Crippen LogP contribution in [-0.4, -0.2) is 24.6 Å². The fourth-order valence-electron chi connectivity index (χ4n) is 1.82. The zero-order valence-corrected chi connectivity index (χ0v) is 15.3. The Balaban J connectivity index is 0.00000400. The Bertz CT molecular complexity index is 481. The maximum atomic E-state index is 11.3. The number of hydrogen-bond acceptors (Lipinski definition) is 3. The molecule has 118 valence electrons. The van der Waals surface area contributed by atoms with Crippen LogP contribution in [0.3, 0.4) is 0 Å². The van der Waals surface area contributed by atoms with E-state index in [0.717, 1.165) is 16.8 Å². The van der Waals surface area contributed by atoms with Crippen LogP contribution in [0.5, 0.6) is 0 Å². The van der Waals surface area contributed by atoms with Crippen molar-refractivity contribution in [2.75, 3.05) is 11.9 Å². The number of nitrogens with two attached hydrogens (primary N) is 1. The number of aryl methyl sites for hydroxylation is 2. The van der Waals surface area contributed by atoms with Gasteiger partial charge in [-0.15, -0.1) is 24.0 Å². The number of anilines is 1. The fraction of sp³-hybridized carbons (Fsp3) is 0.467. The topological polar surface area (TPSA) is 76.7 Å². The number of halogens is 1. The molecule has 0 aliphatic rings. The van der Waals surface area contributed by atoms with Crippen molar-refractivity contribution in [3.05, 3.63) is 29.3 Å². The summed E-state index contributed by atoms with van der Waals surface area (Å²) in [6, 6.07) is 6.06. The van der Waals surface area contributed by atoms with E-state index in [9.17, 15) is 4.79 Å². The number of benzene rings is 1. The number of rotatable bonds is 5. The van der Waals surface area contributed by atoms with Gasteiger partial charge in [0.1, 0.15) is 0 Å². The summed E-state index contributed by atoms with van der Waals surface area (Å²) < 4.78 is 5.01. The van der Waals surface area contributed by atoms with Gasteiger partial charge >= 0.3 is 5.97 Å². The first-order valence-electron chi connectivity index (χ1n) is 6.71. The van der Waals surface area contributed by atoms with E-state index in [1.165, 1.54) is 0 Å². The molecule has 0 aliphatic carbocycles. The third kappa shape index (κ3) is 8.54. The molecule has 0 saturated heterocycles. The molecule has 0 aromatic heterocycles. The minimum atomic E-state index is -0.261. The quantitative estimate of drug-likeness (QED) is 0.342. The van der Waals surface area contributed by atoms with Crippen LogP contribution >= 0.6 is 24.0 Å². The predicted molar refractivity (Wildman–Crippen MR) is 97.3 cm³/mol. The van der Waals surface area contributed by atoms with E-state index in [2.05, 4.69) is 16.4 Å². The highest BCUT2D eigenvalue weighted by molar-refractivity contribution is 14.0. The molecule has 0 amide bonds. The summed E-state index contributed by atoms with van der Waals surface area (Å²) in [7, 11) is 0. The largest absolute Gasteiger partial charge is 0.463 e. The van der Waals surface area contributed by atoms with Gasteiger partial charge in [-0.3, -0.25) is 9.79 Å². The molecule has 0 fully saturated rings. The van der Waals surface area contributed by atoms with Gasteiger partial charge in [-0.25, -0.2) is 0 Å². The highest BCUT2D eigenvalue weighted by Gasteiger charge is 2.04. The highest BCUT2D eigenvalue weighted by Crippen LogP contribution is 2.13. The van der Waals surface area contributed by atoms with Crippen LogP contribution in [0.25, 0.3) is 0 Å². The number of guanidine groups is 1. The van der Waals surface area contributed by atoms with Gasteiger partial charge in [0.2, 0.25) is 0 Å². The van der Waals surface area contributed by atoms with Crippen LogP contribution in [0, 0.1) is 13.8 Å². The van der Waals surface area contributed by atoms with Gasteiger partial charge in [-0.2, -0.15) is 0 Å². The van der Waals surface area contributed by atoms with Crippen LogP contribution < -0.4 is 11.1 Å². The molecular weight excluding hydrogens is 381 g/mol. The number of ether oxygens (including phenoxy) is 1. The van der Waals surface area contributed by atoms with E-state index in [1.54, 1.807) is 0 Å². The Morgan fingerprint density at radius 1 is 1.29 bits per heavy atom. The van der Waals surface area contributed by atoms with Gasteiger partial charge in [0.05, 0.1) is 19.1 Å². The molecule has 5 nitrogen and oxygen atoms in total. The minimum absolute atomic E-state index is 0. The van der Waals surface area contributed by atoms with Gasteiger partial charge in [0.15, 0.2) is 5.96 Å². The lowest BCUT2D eigenvalue weighted by Crippen LogP contribution is -2.23. The van der Waals surface area contributed by atoms with Crippen LogP contribution in [0.4, 0.5) is 5.69 Å². The summed E-state index contributed by atoms with van der Waals surface area (Å²) in [5.74, 6) is 0.0373. The van der Waals surface area contributed by atoms with Crippen molar-refractivity contribution in [2.24, 2.45) is 10.7 Å². The van der Waals surface area contributed by atoms with Gasteiger partial charge in [-0.05, 0) is 51.0 Å². The van der Waals surface area contributed by atoms with Gasteiger partial charge in [0.25, 0.3) is 0 Å². The smallest absolute Gasteiger partial charge is 0.307 e. The molecule has 0 heterocycles. The first kappa shape index (κ1) is 19.7. The molecule has 0 spiro atoms. The summed E-state index contributed by atoms with van der Waals surface area (Å²) >= 11 is 0. The zero-order chi connectivity index (χ0) is 15.1. The van der Waals surface area contributed by atoms with Crippen LogP contribution in [0.1, 0.15) is 31.4 Å². The molecule has 1 aromatic carbocycles. The molecule has 6 heteroatoms. The molecule has 0 bridgehead atoms. The fourth-order valence-corrected chi connectivity index (χ4v) is 1.82. The van der Waals surface area contributed by atoms with Crippen molar-refractivity contribution < 1.29 is 9.53 Å². The molecule has 21 heavy (non-hydrogen) atoms. The van der Waals surface area contributed by atoms with E-state index >= 15 is 0 Å². The number of hydrogen-bond donors (Lipinski definition) is 2. The first-order valence-corrected chi connectivity index (χ1v) is 6.71. The van der Waals surface area contributed by atoms with Gasteiger partial charge in [0, 0.05) is 5.69 Å². The minimum Gasteiger partial charge on any atom is -0.463 e. The SMILES string of the molecule is Cc1cc(C)cc(NC(N)=NCCC(=O)OC(C)C)c1.I. The van der Waals surface area contributed by atoms with Crippen LogP contribution in [0.15, 0.2) is 23.2 Å². The maximum Gasteiger partial charge on any atom is 0.307 e. The van der Waals surface area contributed by atoms with Crippen molar-refractivity contribution in [3.8, 4) is 0 Å². The van der Waals surface area contributed by atoms with Crippen LogP contribution in [-0.2, 0) is 9.53 Å². The second-order valence-electron chi connectivity index (χ2n) is 5.06. The molecule has 0 unspecified atom stereocenters. The lowest BCUT2D eigenvalue weighted by Gasteiger charge is -2.08. The van der Waals surface area contributed by atoms with E-state index in [1.807, 2.05) is 39.8 Å². The van der Waals surface area contributed by atoms with Crippen molar-refractivity contribution in [1.82, 2.24) is 0 Å². The normalized spacial score (nSPS) is 11.0. The summed E-state index contributed by atoms with van der Waals surface area (Å²) in [5.41, 5.74) is 8.98. The lowest BCUT2D eigenvalue weighted by atomic mass is 10.1. The molecule has 1 rings (SSSR count). The first-order chi connectivity index (χ1) is 9.36. The predicted octanol–water partition coefficient (Wildman–Crippen LogP) is 2.99. The zero-order valence-electron chi connectivity index (χ0n) is 13.0. The van der Waals surface area contributed by atoms with Crippen molar-refractivity contribution >= 4 is 41.6 Å². The Hall–Kier alpha value is -1.31. The second kappa shape index (κ2) is 9.59. The average molecular weight is 405 g/mol. The molecule has 0 saturated carbocycles. The van der Waals surface area contributed by atoms with E-state index < -0.39 is 0 Å². The molecular formula is C15H24IN3O2. The number of esters is 1. The lowest BCUT2D eigenvalue weighted by molar-refractivity contribution is -0.147. The van der Waals surface area contributed by atoms with E-state index in [4.69, 9.17) is 10.5 Å². The summed E-state index contributed by atoms with van der Waals surface area (Å²) in [4.78, 5) is 15.4. The van der Waals surface area contributed by atoms with Gasteiger partial charge < -0.3 is 15.8 Å². The maximum absolute atomic E-state index is 11.3. The molecule has 1 aromatic rings. The summed E-state index contributed by atoms with van der Waals surface area (Å²) in [6.45, 7) is 7.99. The molecule has 0 aliphatic heterocycles. The van der Waals surface area contributed by atoms with Gasteiger partial charge in [-0.1, -0.05) is 6.07 Å². The summed E-state index contributed by atoms with van der Waals surface area (Å²) in [5, 5.41) is 3.01. The Kier molecular flexibility index (Phi) is 9.00. The molecule has 0 atom stereocenters. The monoisotopic (exact) mass is 405 g/mol. The number of carbonyl (C=O) groups excluding carboxylic acids is 1. The Morgan fingerprint density at radius 3 is 2.38 bits per heavy atom. The third-order valence-corrected chi connectivity index (χ3v) is 2.46. The summed E-state index contributed by atoms with van der Waals surface area (Å²) in [6.07, 6.45) is 0.130. The second-order valence-corrected chi connectivity index (χ2v) is 5.06. The Morgan fingerprint density at radius 2 is 1.86 bits per heavy atom. The third-order valence-electron chi connectivity index (χ3n) is 2.46. The highest BCUT2D eigenvalue weighted by atomic mass is 127. The Labute approximate surface area is 143 Å². The number of aliphatic imine (C=N–C) groups is 1. The number of nitrogens with zero attached hydrogens (tertiary/aromatic N) is 1. The van der Waals surface area contributed by atoms with Crippen molar-refractivity contribution in [1.29, 1.82) is 0 Å². The van der Waals surface area contributed by atoms with E-state index in [-0.39, 0.29) is 42.5 Å².